The molecule has 1 saturated carbocycles. The first-order chi connectivity index (χ1) is 12.0. The lowest BCUT2D eigenvalue weighted by atomic mass is 9.84. The molecule has 2 atom stereocenters. The van der Waals surface area contributed by atoms with E-state index in [4.69, 9.17) is 0 Å². The van der Waals surface area contributed by atoms with Gasteiger partial charge in [-0.15, -0.1) is 0 Å². The fourth-order valence-corrected chi connectivity index (χ4v) is 5.21. The smallest absolute Gasteiger partial charge is 0.372 e. The Balaban J connectivity index is 1.30. The van der Waals surface area contributed by atoms with E-state index in [9.17, 15) is 13.2 Å². The number of halogens is 3. The molecule has 0 N–H and O–H groups in total. The molecule has 1 heterocycles. The highest BCUT2D eigenvalue weighted by atomic mass is 19.4. The molecule has 3 aliphatic carbocycles. The minimum Gasteiger partial charge on any atom is -0.372 e. The second-order valence-electron chi connectivity index (χ2n) is 8.23. The molecule has 4 rings (SSSR count). The summed E-state index contributed by atoms with van der Waals surface area (Å²) in [7, 11) is 0. The number of rotatable bonds is 2. The van der Waals surface area contributed by atoms with Crippen LogP contribution in [0.4, 0.5) is 13.2 Å². The summed E-state index contributed by atoms with van der Waals surface area (Å²) in [4.78, 5) is 4.82. The summed E-state index contributed by atoms with van der Waals surface area (Å²) in [5, 5.41) is 0. The third-order valence-electron chi connectivity index (χ3n) is 6.71. The Bertz CT molecular complexity index is 556. The molecule has 2 fully saturated rings. The zero-order valence-electron chi connectivity index (χ0n) is 15.0. The van der Waals surface area contributed by atoms with Gasteiger partial charge in [0.05, 0.1) is 5.92 Å². The van der Waals surface area contributed by atoms with Crippen molar-refractivity contribution in [1.29, 1.82) is 0 Å². The topological polar surface area (TPSA) is 6.48 Å². The van der Waals surface area contributed by atoms with E-state index in [-0.39, 0.29) is 6.04 Å². The average molecular weight is 354 g/mol. The molecule has 0 amide bonds. The molecule has 25 heavy (non-hydrogen) atoms. The van der Waals surface area contributed by atoms with Crippen LogP contribution in [0.25, 0.3) is 0 Å². The van der Waals surface area contributed by atoms with Gasteiger partial charge in [-0.1, -0.05) is 12.0 Å². The maximum absolute atomic E-state index is 13.1. The van der Waals surface area contributed by atoms with Crippen molar-refractivity contribution in [2.24, 2.45) is 5.92 Å². The largest absolute Gasteiger partial charge is 0.391 e. The first kappa shape index (κ1) is 17.4. The maximum atomic E-state index is 13.1. The molecule has 0 aromatic rings. The third-order valence-corrected chi connectivity index (χ3v) is 6.71. The molecule has 0 aromatic carbocycles. The minimum atomic E-state index is -4.01. The van der Waals surface area contributed by atoms with E-state index < -0.39 is 12.1 Å². The Kier molecular flexibility index (Phi) is 4.87. The first-order valence-electron chi connectivity index (χ1n) is 9.98. The van der Waals surface area contributed by atoms with Crippen LogP contribution in [0.15, 0.2) is 22.9 Å². The summed E-state index contributed by atoms with van der Waals surface area (Å²) in [6, 6.07) is 0.131. The van der Waals surface area contributed by atoms with Crippen molar-refractivity contribution in [2.45, 2.75) is 70.0 Å². The lowest BCUT2D eigenvalue weighted by molar-refractivity contribution is -0.187. The van der Waals surface area contributed by atoms with E-state index in [1.54, 1.807) is 11.1 Å². The van der Waals surface area contributed by atoms with Gasteiger partial charge in [-0.25, -0.2) is 0 Å². The van der Waals surface area contributed by atoms with Crippen LogP contribution in [0, 0.1) is 5.92 Å². The normalized spacial score (nSPS) is 32.0. The molecular formula is C20H29F3N2. The van der Waals surface area contributed by atoms with Crippen LogP contribution in [0.2, 0.25) is 0 Å². The van der Waals surface area contributed by atoms with E-state index in [0.717, 1.165) is 45.4 Å². The van der Waals surface area contributed by atoms with Crippen LogP contribution in [-0.4, -0.2) is 48.2 Å². The van der Waals surface area contributed by atoms with E-state index in [0.29, 0.717) is 12.8 Å². The Morgan fingerprint density at radius 2 is 1.68 bits per heavy atom. The standard InChI is InChI=1S/C20H29F3N2/c21-20(22,23)17-6-3-7-18(14-17)24-8-10-25(11-9-24)19-12-15-4-1-2-5-16(15)13-19/h12,17-18H,1-11,13-14H2. The van der Waals surface area contributed by atoms with E-state index in [2.05, 4.69) is 15.9 Å². The Morgan fingerprint density at radius 3 is 2.40 bits per heavy atom. The fraction of sp³-hybridized carbons (Fsp3) is 0.800. The number of nitrogens with zero attached hydrogens (tertiary/aromatic N) is 2. The highest BCUT2D eigenvalue weighted by molar-refractivity contribution is 5.39. The molecule has 4 aliphatic rings. The van der Waals surface area contributed by atoms with Crippen molar-refractivity contribution in [3.05, 3.63) is 22.9 Å². The van der Waals surface area contributed by atoms with Crippen molar-refractivity contribution >= 4 is 0 Å². The van der Waals surface area contributed by atoms with Gasteiger partial charge in [-0.05, 0) is 56.6 Å². The van der Waals surface area contributed by atoms with Crippen LogP contribution in [-0.2, 0) is 0 Å². The van der Waals surface area contributed by atoms with E-state index in [1.165, 1.54) is 31.4 Å². The second kappa shape index (κ2) is 6.98. The SMILES string of the molecule is FC(F)(F)C1CCCC(N2CCN(C3=CC4=C(CCCC4)C3)CC2)C1. The van der Waals surface area contributed by atoms with Gasteiger partial charge in [0.1, 0.15) is 0 Å². The Labute approximate surface area is 148 Å². The van der Waals surface area contributed by atoms with Crippen LogP contribution < -0.4 is 0 Å². The number of piperazine rings is 1. The minimum absolute atomic E-state index is 0.131. The highest BCUT2D eigenvalue weighted by Gasteiger charge is 2.43. The first-order valence-corrected chi connectivity index (χ1v) is 9.98. The van der Waals surface area contributed by atoms with Gasteiger partial charge in [0.25, 0.3) is 0 Å². The van der Waals surface area contributed by atoms with Gasteiger partial charge in [0.2, 0.25) is 0 Å². The molecule has 0 radical (unpaired) electrons. The summed E-state index contributed by atoms with van der Waals surface area (Å²) in [6.45, 7) is 3.77. The number of allylic oxidation sites excluding steroid dienone is 3. The summed E-state index contributed by atoms with van der Waals surface area (Å²) in [5.41, 5.74) is 4.68. The van der Waals surface area contributed by atoms with Gasteiger partial charge >= 0.3 is 6.18 Å². The third kappa shape index (κ3) is 3.76. The van der Waals surface area contributed by atoms with Gasteiger partial charge in [0, 0.05) is 44.3 Å². The second-order valence-corrected chi connectivity index (χ2v) is 8.23. The van der Waals surface area contributed by atoms with Crippen LogP contribution in [0.1, 0.15) is 57.8 Å². The quantitative estimate of drug-likeness (QED) is 0.697. The average Bonchev–Trinajstić information content (AvgIpc) is 3.05. The summed E-state index contributed by atoms with van der Waals surface area (Å²) < 4.78 is 39.2. The van der Waals surface area contributed by atoms with Crippen LogP contribution in [0.3, 0.4) is 0 Å². The Morgan fingerprint density at radius 1 is 0.920 bits per heavy atom. The van der Waals surface area contributed by atoms with Crippen LogP contribution >= 0.6 is 0 Å². The summed E-state index contributed by atoms with van der Waals surface area (Å²) in [5.74, 6) is -1.09. The van der Waals surface area contributed by atoms with Gasteiger partial charge in [-0.2, -0.15) is 13.2 Å². The molecule has 2 unspecified atom stereocenters. The van der Waals surface area contributed by atoms with Crippen molar-refractivity contribution < 1.29 is 13.2 Å². The summed E-state index contributed by atoms with van der Waals surface area (Å²) >= 11 is 0. The molecule has 0 spiro atoms. The van der Waals surface area contributed by atoms with Gasteiger partial charge in [0.15, 0.2) is 0 Å². The highest BCUT2D eigenvalue weighted by Crippen LogP contribution is 2.40. The zero-order chi connectivity index (χ0) is 17.4. The van der Waals surface area contributed by atoms with Crippen molar-refractivity contribution in [2.75, 3.05) is 26.2 Å². The molecule has 140 valence electrons. The number of hydrogen-bond acceptors (Lipinski definition) is 2. The molecule has 0 bridgehead atoms. The maximum Gasteiger partial charge on any atom is 0.391 e. The molecule has 1 aliphatic heterocycles. The van der Waals surface area contributed by atoms with Crippen molar-refractivity contribution in [3.8, 4) is 0 Å². The molecule has 1 saturated heterocycles. The van der Waals surface area contributed by atoms with Crippen LogP contribution in [0.5, 0.6) is 0 Å². The van der Waals surface area contributed by atoms with Crippen molar-refractivity contribution in [1.82, 2.24) is 9.80 Å². The van der Waals surface area contributed by atoms with E-state index >= 15 is 0 Å². The molecular weight excluding hydrogens is 325 g/mol. The Hall–Kier alpha value is -0.970. The predicted molar refractivity (Wildman–Crippen MR) is 93.1 cm³/mol. The predicted octanol–water partition coefficient (Wildman–Crippen LogP) is 4.88. The number of hydrogen-bond donors (Lipinski definition) is 0. The van der Waals surface area contributed by atoms with E-state index in [1.807, 2.05) is 0 Å². The lowest BCUT2D eigenvalue weighted by Crippen LogP contribution is -2.51. The van der Waals surface area contributed by atoms with Crippen molar-refractivity contribution in [3.63, 3.8) is 0 Å². The fourth-order valence-electron chi connectivity index (χ4n) is 5.21. The van der Waals surface area contributed by atoms with Gasteiger partial charge in [-0.3, -0.25) is 4.90 Å². The lowest BCUT2D eigenvalue weighted by Gasteiger charge is -2.43. The zero-order valence-corrected chi connectivity index (χ0v) is 15.0. The molecule has 2 nitrogen and oxygen atoms in total. The number of alkyl halides is 3. The van der Waals surface area contributed by atoms with Gasteiger partial charge < -0.3 is 4.90 Å². The molecule has 0 aromatic heterocycles. The summed E-state index contributed by atoms with van der Waals surface area (Å²) in [6.07, 6.45) is 6.94. The molecule has 5 heteroatoms. The monoisotopic (exact) mass is 354 g/mol.